The molecule has 23 heavy (non-hydrogen) atoms. The van der Waals surface area contributed by atoms with Crippen molar-refractivity contribution in [3.05, 3.63) is 35.3 Å². The topological polar surface area (TPSA) is 74.6 Å². The zero-order valence-corrected chi connectivity index (χ0v) is 13.0. The second-order valence-corrected chi connectivity index (χ2v) is 5.80. The molecule has 3 rings (SSSR count). The van der Waals surface area contributed by atoms with Crippen LogP contribution in [0.1, 0.15) is 11.3 Å². The van der Waals surface area contributed by atoms with Crippen molar-refractivity contribution in [2.75, 3.05) is 13.1 Å². The number of nitrogens with one attached hydrogen (secondary N) is 1. The van der Waals surface area contributed by atoms with Gasteiger partial charge < -0.3 is 15.0 Å². The number of benzene rings is 1. The van der Waals surface area contributed by atoms with Gasteiger partial charge in [0.2, 0.25) is 5.91 Å². The molecule has 6 nitrogen and oxygen atoms in total. The van der Waals surface area contributed by atoms with Crippen molar-refractivity contribution in [2.24, 2.45) is 0 Å². The van der Waals surface area contributed by atoms with E-state index in [0.29, 0.717) is 0 Å². The molecule has 1 fully saturated rings. The van der Waals surface area contributed by atoms with Crippen LogP contribution < -0.4 is 5.32 Å². The summed E-state index contributed by atoms with van der Waals surface area (Å²) in [4.78, 5) is 24.1. The Kier molecular flexibility index (Phi) is 3.81. The van der Waals surface area contributed by atoms with Crippen LogP contribution >= 0.6 is 0 Å². The number of urea groups is 1. The third-order valence-electron chi connectivity index (χ3n) is 4.32. The molecule has 1 aliphatic heterocycles. The van der Waals surface area contributed by atoms with E-state index >= 15 is 0 Å². The van der Waals surface area contributed by atoms with Gasteiger partial charge in [-0.2, -0.15) is 0 Å². The van der Waals surface area contributed by atoms with Crippen molar-refractivity contribution < 1.29 is 19.1 Å². The van der Waals surface area contributed by atoms with Crippen LogP contribution in [-0.2, 0) is 11.3 Å². The van der Waals surface area contributed by atoms with E-state index in [4.69, 9.17) is 0 Å². The first-order valence-electron chi connectivity index (χ1n) is 7.39. The van der Waals surface area contributed by atoms with Gasteiger partial charge in [-0.3, -0.25) is 9.69 Å². The van der Waals surface area contributed by atoms with Crippen molar-refractivity contribution >= 4 is 22.8 Å². The Morgan fingerprint density at radius 2 is 2.04 bits per heavy atom. The molecule has 1 saturated heterocycles. The van der Waals surface area contributed by atoms with Crippen molar-refractivity contribution in [1.82, 2.24) is 14.8 Å². The van der Waals surface area contributed by atoms with Crippen molar-refractivity contribution in [3.8, 4) is 0 Å². The maximum Gasteiger partial charge on any atom is 0.324 e. The highest BCUT2D eigenvalue weighted by Crippen LogP contribution is 2.26. The summed E-state index contributed by atoms with van der Waals surface area (Å²) in [6, 6.07) is 4.03. The second-order valence-electron chi connectivity index (χ2n) is 5.80. The summed E-state index contributed by atoms with van der Waals surface area (Å²) in [7, 11) is 0. The number of hydrogen-bond acceptors (Lipinski definition) is 3. The lowest BCUT2D eigenvalue weighted by Crippen LogP contribution is -2.39. The second kappa shape index (κ2) is 5.66. The summed E-state index contributed by atoms with van der Waals surface area (Å²) in [5.74, 6) is -0.654. The molecule has 122 valence electrons. The number of imide groups is 1. The Morgan fingerprint density at radius 1 is 1.30 bits per heavy atom. The number of nitrogens with zero attached hydrogens (tertiary/aromatic N) is 2. The Bertz CT molecular complexity index is 783. The van der Waals surface area contributed by atoms with Crippen molar-refractivity contribution in [1.29, 1.82) is 0 Å². The number of β-amino-alcohol motifs (C(OH)–C–C–N with tert-alkyl or cyclic N) is 1. The number of aromatic nitrogens is 1. The van der Waals surface area contributed by atoms with E-state index in [1.807, 2.05) is 18.4 Å². The number of carbonyl (C=O) groups is 2. The molecule has 2 aromatic rings. The van der Waals surface area contributed by atoms with E-state index in [2.05, 4.69) is 5.32 Å². The standard InChI is InChI=1S/C16H18FN3O3/c1-9-10(2)19(14-4-3-11(17)5-13(9)14)7-12(21)8-20-15(22)6-18-16(20)23/h3-5,12,21H,6-8H2,1-2H3,(H,18,23)/t12-/m0/s1. The largest absolute Gasteiger partial charge is 0.389 e. The molecular formula is C16H18FN3O3. The van der Waals surface area contributed by atoms with Gasteiger partial charge in [-0.05, 0) is 37.6 Å². The van der Waals surface area contributed by atoms with Gasteiger partial charge in [-0.1, -0.05) is 0 Å². The summed E-state index contributed by atoms with van der Waals surface area (Å²) >= 11 is 0. The average Bonchev–Trinajstić information content (AvgIpc) is 2.93. The van der Waals surface area contributed by atoms with Crippen molar-refractivity contribution in [3.63, 3.8) is 0 Å². The zero-order valence-electron chi connectivity index (χ0n) is 13.0. The number of aliphatic hydroxyl groups excluding tert-OH is 1. The molecule has 1 aromatic carbocycles. The summed E-state index contributed by atoms with van der Waals surface area (Å²) < 4.78 is 15.3. The molecule has 0 radical (unpaired) electrons. The fourth-order valence-electron chi connectivity index (χ4n) is 2.98. The van der Waals surface area contributed by atoms with Gasteiger partial charge >= 0.3 is 6.03 Å². The summed E-state index contributed by atoms with van der Waals surface area (Å²) in [6.45, 7) is 3.92. The normalized spacial score (nSPS) is 16.3. The van der Waals surface area contributed by atoms with Crippen LogP contribution in [0.25, 0.3) is 10.9 Å². The van der Waals surface area contributed by atoms with Gasteiger partial charge in [0.05, 0.1) is 25.7 Å². The lowest BCUT2D eigenvalue weighted by atomic mass is 10.1. The molecule has 0 spiro atoms. The highest BCUT2D eigenvalue weighted by Gasteiger charge is 2.30. The van der Waals surface area contributed by atoms with Gasteiger partial charge in [0.15, 0.2) is 0 Å². The van der Waals surface area contributed by atoms with E-state index in [9.17, 15) is 19.1 Å². The molecule has 3 amide bonds. The van der Waals surface area contributed by atoms with Crippen LogP contribution in [-0.4, -0.2) is 45.7 Å². The molecular weight excluding hydrogens is 301 g/mol. The van der Waals surface area contributed by atoms with Crippen LogP contribution in [0.15, 0.2) is 18.2 Å². The van der Waals surface area contributed by atoms with Gasteiger partial charge in [0.25, 0.3) is 0 Å². The van der Waals surface area contributed by atoms with Crippen LogP contribution in [0, 0.1) is 19.7 Å². The number of fused-ring (bicyclic) bond motifs is 1. The van der Waals surface area contributed by atoms with Crippen LogP contribution in [0.5, 0.6) is 0 Å². The monoisotopic (exact) mass is 319 g/mol. The third kappa shape index (κ3) is 2.68. The predicted molar refractivity (Wildman–Crippen MR) is 82.5 cm³/mol. The van der Waals surface area contributed by atoms with Gasteiger partial charge in [0.1, 0.15) is 5.82 Å². The van der Waals surface area contributed by atoms with Crippen LogP contribution in [0.4, 0.5) is 9.18 Å². The molecule has 2 heterocycles. The number of halogens is 1. The number of amides is 3. The van der Waals surface area contributed by atoms with E-state index in [0.717, 1.165) is 27.1 Å². The van der Waals surface area contributed by atoms with E-state index in [-0.39, 0.29) is 31.4 Å². The van der Waals surface area contributed by atoms with Gasteiger partial charge in [0, 0.05) is 16.6 Å². The van der Waals surface area contributed by atoms with E-state index in [1.54, 1.807) is 6.07 Å². The molecule has 0 saturated carbocycles. The first kappa shape index (κ1) is 15.5. The van der Waals surface area contributed by atoms with Gasteiger partial charge in [-0.25, -0.2) is 9.18 Å². The highest BCUT2D eigenvalue weighted by atomic mass is 19.1. The average molecular weight is 319 g/mol. The number of aliphatic hydroxyl groups is 1. The molecule has 1 atom stereocenters. The molecule has 0 bridgehead atoms. The highest BCUT2D eigenvalue weighted by molar-refractivity contribution is 6.01. The number of hydrogen-bond donors (Lipinski definition) is 2. The number of aryl methyl sites for hydroxylation is 1. The third-order valence-corrected chi connectivity index (χ3v) is 4.32. The first-order valence-corrected chi connectivity index (χ1v) is 7.39. The molecule has 2 N–H and O–H groups in total. The van der Waals surface area contributed by atoms with Crippen molar-refractivity contribution in [2.45, 2.75) is 26.5 Å². The Hall–Kier alpha value is -2.41. The minimum Gasteiger partial charge on any atom is -0.389 e. The molecule has 0 aliphatic carbocycles. The fourth-order valence-corrected chi connectivity index (χ4v) is 2.98. The Balaban J connectivity index is 1.85. The van der Waals surface area contributed by atoms with Crippen LogP contribution in [0.3, 0.4) is 0 Å². The summed E-state index contributed by atoms with van der Waals surface area (Å²) in [5, 5.41) is 13.5. The Labute approximate surface area is 132 Å². The lowest BCUT2D eigenvalue weighted by Gasteiger charge is -2.19. The van der Waals surface area contributed by atoms with E-state index < -0.39 is 12.1 Å². The molecule has 1 aliphatic rings. The molecule has 7 heteroatoms. The van der Waals surface area contributed by atoms with Crippen LogP contribution in [0.2, 0.25) is 0 Å². The molecule has 0 unspecified atom stereocenters. The number of rotatable bonds is 4. The zero-order chi connectivity index (χ0) is 16.7. The molecule has 1 aromatic heterocycles. The first-order chi connectivity index (χ1) is 10.9. The quantitative estimate of drug-likeness (QED) is 0.835. The summed E-state index contributed by atoms with van der Waals surface area (Å²) in [6.07, 6.45) is -0.901. The predicted octanol–water partition coefficient (Wildman–Crippen LogP) is 1.31. The van der Waals surface area contributed by atoms with E-state index in [1.165, 1.54) is 12.1 Å². The summed E-state index contributed by atoms with van der Waals surface area (Å²) in [5.41, 5.74) is 2.68. The minimum atomic E-state index is -0.901. The maximum atomic E-state index is 13.4. The smallest absolute Gasteiger partial charge is 0.324 e. The number of carbonyl (C=O) groups excluding carboxylic acids is 2. The minimum absolute atomic E-state index is 0.0323. The SMILES string of the molecule is Cc1c(C)n(C[C@H](O)CN2C(=O)CNC2=O)c2ccc(F)cc12. The Morgan fingerprint density at radius 3 is 2.70 bits per heavy atom. The maximum absolute atomic E-state index is 13.4. The lowest BCUT2D eigenvalue weighted by molar-refractivity contribution is -0.126. The fraction of sp³-hybridized carbons (Fsp3) is 0.375. The van der Waals surface area contributed by atoms with Gasteiger partial charge in [-0.15, -0.1) is 0 Å².